The summed E-state index contributed by atoms with van der Waals surface area (Å²) < 4.78 is 5.73. The van der Waals surface area contributed by atoms with Gasteiger partial charge in [0.1, 0.15) is 5.69 Å². The van der Waals surface area contributed by atoms with Gasteiger partial charge in [-0.25, -0.2) is 4.79 Å². The minimum Gasteiger partial charge on any atom is -0.465 e. The van der Waals surface area contributed by atoms with Crippen molar-refractivity contribution in [3.8, 4) is 0 Å². The third-order valence-corrected chi connectivity index (χ3v) is 4.27. The third-order valence-electron chi connectivity index (χ3n) is 3.88. The van der Waals surface area contributed by atoms with Crippen molar-refractivity contribution in [3.63, 3.8) is 0 Å². The monoisotopic (exact) mass is 343 g/mol. The van der Waals surface area contributed by atoms with Crippen LogP contribution in [0.5, 0.6) is 0 Å². The van der Waals surface area contributed by atoms with Crippen molar-refractivity contribution >= 4 is 23.6 Å². The van der Waals surface area contributed by atoms with Crippen LogP contribution in [0.15, 0.2) is 6.07 Å². The van der Waals surface area contributed by atoms with E-state index in [-0.39, 0.29) is 24.6 Å². The molecule has 0 bridgehead atoms. The number of hydrogen-bond acceptors (Lipinski definition) is 3. The van der Waals surface area contributed by atoms with Crippen molar-refractivity contribution in [3.05, 3.63) is 22.5 Å². The number of carboxylic acid groups (broad SMARTS) is 1. The second-order valence-electron chi connectivity index (χ2n) is 5.66. The molecule has 2 amide bonds. The lowest BCUT2D eigenvalue weighted by Crippen LogP contribution is -2.56. The van der Waals surface area contributed by atoms with Crippen LogP contribution < -0.4 is 5.32 Å². The largest absolute Gasteiger partial charge is 0.465 e. The predicted octanol–water partition coefficient (Wildman–Crippen LogP) is 2.25. The molecule has 0 unspecified atom stereocenters. The van der Waals surface area contributed by atoms with Gasteiger partial charge >= 0.3 is 6.09 Å². The van der Waals surface area contributed by atoms with E-state index in [1.807, 2.05) is 6.92 Å². The zero-order valence-electron chi connectivity index (χ0n) is 13.3. The number of rotatable bonds is 5. The number of H-pyrrole nitrogens is 1. The zero-order valence-corrected chi connectivity index (χ0v) is 14.0. The van der Waals surface area contributed by atoms with E-state index in [1.54, 1.807) is 13.0 Å². The minimum atomic E-state index is -0.966. The summed E-state index contributed by atoms with van der Waals surface area (Å²) in [6, 6.07) is 1.35. The molecule has 2 heterocycles. The van der Waals surface area contributed by atoms with Crippen LogP contribution in [-0.4, -0.2) is 58.8 Å². The van der Waals surface area contributed by atoms with E-state index in [4.69, 9.17) is 21.4 Å². The molecular formula is C15H22ClN3O4. The Bertz CT molecular complexity index is 556. The van der Waals surface area contributed by atoms with Crippen molar-refractivity contribution in [2.45, 2.75) is 38.8 Å². The summed E-state index contributed by atoms with van der Waals surface area (Å²) in [5, 5.41) is 12.6. The number of likely N-dealkylation sites (tertiary alicyclic amines) is 1. The Balaban J connectivity index is 2.03. The molecule has 0 saturated carbocycles. The van der Waals surface area contributed by atoms with E-state index in [0.29, 0.717) is 30.3 Å². The summed E-state index contributed by atoms with van der Waals surface area (Å²) in [7, 11) is 0. The molecule has 0 aliphatic carbocycles. The van der Waals surface area contributed by atoms with Crippen molar-refractivity contribution in [1.82, 2.24) is 15.2 Å². The highest BCUT2D eigenvalue weighted by atomic mass is 35.5. The first-order valence-electron chi connectivity index (χ1n) is 7.67. The van der Waals surface area contributed by atoms with Crippen molar-refractivity contribution < 1.29 is 19.4 Å². The molecule has 1 saturated heterocycles. The number of carbonyl (C=O) groups excluding carboxylic acids is 1. The molecule has 1 aromatic heterocycles. The van der Waals surface area contributed by atoms with E-state index in [0.717, 1.165) is 12.1 Å². The fourth-order valence-electron chi connectivity index (χ4n) is 2.59. The molecule has 0 spiro atoms. The van der Waals surface area contributed by atoms with Gasteiger partial charge in [0, 0.05) is 18.8 Å². The van der Waals surface area contributed by atoms with Gasteiger partial charge in [0.15, 0.2) is 0 Å². The Morgan fingerprint density at radius 2 is 2.30 bits per heavy atom. The van der Waals surface area contributed by atoms with Gasteiger partial charge in [-0.1, -0.05) is 18.5 Å². The quantitative estimate of drug-likeness (QED) is 0.764. The molecule has 2 atom stereocenters. The molecule has 128 valence electrons. The molecule has 2 rings (SSSR count). The number of halogens is 1. The average molecular weight is 344 g/mol. The van der Waals surface area contributed by atoms with Gasteiger partial charge in [-0.05, 0) is 25.8 Å². The normalized spacial score (nSPS) is 21.3. The number of amides is 2. The van der Waals surface area contributed by atoms with Gasteiger partial charge in [-0.2, -0.15) is 0 Å². The Hall–Kier alpha value is -1.73. The van der Waals surface area contributed by atoms with Crippen LogP contribution >= 0.6 is 11.6 Å². The van der Waals surface area contributed by atoms with Crippen molar-refractivity contribution in [2.24, 2.45) is 0 Å². The van der Waals surface area contributed by atoms with Crippen LogP contribution in [0.2, 0.25) is 5.02 Å². The van der Waals surface area contributed by atoms with Crippen LogP contribution in [0.1, 0.15) is 35.9 Å². The number of hydrogen-bond donors (Lipinski definition) is 3. The Morgan fingerprint density at radius 3 is 2.87 bits per heavy atom. The summed E-state index contributed by atoms with van der Waals surface area (Å²) in [5.74, 6) is -0.265. The highest BCUT2D eigenvalue weighted by Gasteiger charge is 2.33. The number of nitrogens with one attached hydrogen (secondary N) is 2. The number of piperidine rings is 1. The lowest BCUT2D eigenvalue weighted by Gasteiger charge is -2.37. The molecule has 7 nitrogen and oxygen atoms in total. The highest BCUT2D eigenvalue weighted by Crippen LogP contribution is 2.18. The summed E-state index contributed by atoms with van der Waals surface area (Å²) in [6.07, 6.45) is 0.0251. The molecule has 8 heteroatoms. The lowest BCUT2D eigenvalue weighted by atomic mass is 10.0. The average Bonchev–Trinajstić information content (AvgIpc) is 2.85. The van der Waals surface area contributed by atoms with Gasteiger partial charge in [0.2, 0.25) is 0 Å². The van der Waals surface area contributed by atoms with E-state index < -0.39 is 6.09 Å². The first-order chi connectivity index (χ1) is 10.9. The smallest absolute Gasteiger partial charge is 0.407 e. The number of nitrogens with zero attached hydrogens (tertiary/aromatic N) is 1. The molecular weight excluding hydrogens is 322 g/mol. The van der Waals surface area contributed by atoms with Crippen LogP contribution in [0, 0.1) is 6.92 Å². The maximum absolute atomic E-state index is 12.3. The van der Waals surface area contributed by atoms with E-state index in [9.17, 15) is 9.59 Å². The Kier molecular flexibility index (Phi) is 5.90. The molecule has 0 radical (unpaired) electrons. The van der Waals surface area contributed by atoms with Gasteiger partial charge in [-0.15, -0.1) is 0 Å². The summed E-state index contributed by atoms with van der Waals surface area (Å²) in [6.45, 7) is 4.92. The molecule has 1 aromatic rings. The maximum atomic E-state index is 12.3. The van der Waals surface area contributed by atoms with Gasteiger partial charge < -0.3 is 25.0 Å². The standard InChI is InChI=1S/C15H22ClN3O4/c1-3-6-23-13-8-19(15(21)22)5-4-11(13)18-14(20)12-7-10(16)9(2)17-12/h7,11,13,17H,3-6,8H2,1-2H3,(H,18,20)(H,21,22)/t11-,13+/m0/s1. The van der Waals surface area contributed by atoms with E-state index in [2.05, 4.69) is 10.3 Å². The van der Waals surface area contributed by atoms with Gasteiger partial charge in [-0.3, -0.25) is 4.79 Å². The van der Waals surface area contributed by atoms with Crippen LogP contribution in [-0.2, 0) is 4.74 Å². The predicted molar refractivity (Wildman–Crippen MR) is 86.0 cm³/mol. The summed E-state index contributed by atoms with van der Waals surface area (Å²) >= 11 is 5.96. The molecule has 3 N–H and O–H groups in total. The van der Waals surface area contributed by atoms with Crippen molar-refractivity contribution in [2.75, 3.05) is 19.7 Å². The molecule has 1 aliphatic heterocycles. The highest BCUT2D eigenvalue weighted by molar-refractivity contribution is 6.31. The molecule has 0 aromatic carbocycles. The van der Waals surface area contributed by atoms with Crippen LogP contribution in [0.25, 0.3) is 0 Å². The lowest BCUT2D eigenvalue weighted by molar-refractivity contribution is -0.0162. The topological polar surface area (TPSA) is 94.7 Å². The zero-order chi connectivity index (χ0) is 17.0. The maximum Gasteiger partial charge on any atom is 0.407 e. The number of carbonyl (C=O) groups is 2. The Labute approximate surface area is 139 Å². The Morgan fingerprint density at radius 1 is 1.57 bits per heavy atom. The second kappa shape index (κ2) is 7.70. The third kappa shape index (κ3) is 4.39. The number of ether oxygens (including phenoxy) is 1. The molecule has 1 aliphatic rings. The van der Waals surface area contributed by atoms with E-state index in [1.165, 1.54) is 4.90 Å². The number of aromatic nitrogens is 1. The SMILES string of the molecule is CCCO[C@@H]1CN(C(=O)O)CC[C@@H]1NC(=O)c1cc(Cl)c(C)[nH]1. The fourth-order valence-corrected chi connectivity index (χ4v) is 2.75. The molecule has 1 fully saturated rings. The van der Waals surface area contributed by atoms with Crippen molar-refractivity contribution in [1.29, 1.82) is 0 Å². The van der Waals surface area contributed by atoms with Crippen LogP contribution in [0.4, 0.5) is 4.79 Å². The second-order valence-corrected chi connectivity index (χ2v) is 6.07. The van der Waals surface area contributed by atoms with Gasteiger partial charge in [0.25, 0.3) is 5.91 Å². The number of aromatic amines is 1. The number of aryl methyl sites for hydroxylation is 1. The molecule has 23 heavy (non-hydrogen) atoms. The fraction of sp³-hybridized carbons (Fsp3) is 0.600. The van der Waals surface area contributed by atoms with Gasteiger partial charge in [0.05, 0.1) is 23.7 Å². The van der Waals surface area contributed by atoms with Crippen LogP contribution in [0.3, 0.4) is 0 Å². The van der Waals surface area contributed by atoms with E-state index >= 15 is 0 Å². The summed E-state index contributed by atoms with van der Waals surface area (Å²) in [4.78, 5) is 27.7. The minimum absolute atomic E-state index is 0.230. The summed E-state index contributed by atoms with van der Waals surface area (Å²) in [5.41, 5.74) is 1.12. The first kappa shape index (κ1) is 17.6. The first-order valence-corrected chi connectivity index (χ1v) is 8.05.